The van der Waals surface area contributed by atoms with E-state index in [2.05, 4.69) is 23.5 Å². The number of carbonyl (C=O) groups excluding carboxylic acids is 2. The number of benzene rings is 4. The Morgan fingerprint density at radius 1 is 0.824 bits per heavy atom. The summed E-state index contributed by atoms with van der Waals surface area (Å²) in [6.07, 6.45) is 0. The Hall–Kier alpha value is -3.83. The molecule has 2 amide bonds. The van der Waals surface area contributed by atoms with Crippen molar-refractivity contribution in [1.29, 1.82) is 0 Å². The normalized spacial score (nSPS) is 12.4. The second-order valence-electron chi connectivity index (χ2n) is 8.31. The van der Waals surface area contributed by atoms with Gasteiger partial charge in [0.1, 0.15) is 0 Å². The molecular weight excluding hydrogens is 440 g/mol. The van der Waals surface area contributed by atoms with Gasteiger partial charge in [0.25, 0.3) is 5.91 Å². The second-order valence-corrected chi connectivity index (χ2v) is 9.39. The molecule has 168 valence electrons. The summed E-state index contributed by atoms with van der Waals surface area (Å²) >= 11 is 1.70. The van der Waals surface area contributed by atoms with E-state index in [1.165, 1.54) is 11.8 Å². The van der Waals surface area contributed by atoms with E-state index in [9.17, 15) is 9.59 Å². The fourth-order valence-electron chi connectivity index (χ4n) is 4.28. The Labute approximate surface area is 203 Å². The van der Waals surface area contributed by atoms with Crippen LogP contribution in [0.15, 0.2) is 101 Å². The molecule has 5 rings (SSSR count). The van der Waals surface area contributed by atoms with E-state index in [-0.39, 0.29) is 11.8 Å². The summed E-state index contributed by atoms with van der Waals surface area (Å²) in [7, 11) is 0. The molecule has 4 nitrogen and oxygen atoms in total. The molecule has 4 aromatic carbocycles. The highest BCUT2D eigenvalue weighted by atomic mass is 32.2. The van der Waals surface area contributed by atoms with Gasteiger partial charge in [0.2, 0.25) is 5.91 Å². The zero-order valence-electron chi connectivity index (χ0n) is 19.0. The van der Waals surface area contributed by atoms with Crippen LogP contribution in [0.2, 0.25) is 0 Å². The van der Waals surface area contributed by atoms with Gasteiger partial charge >= 0.3 is 0 Å². The van der Waals surface area contributed by atoms with Crippen molar-refractivity contribution in [2.45, 2.75) is 30.2 Å². The molecule has 0 aromatic heterocycles. The first-order chi connectivity index (χ1) is 16.5. The topological polar surface area (TPSA) is 49.4 Å². The van der Waals surface area contributed by atoms with Crippen molar-refractivity contribution in [3.05, 3.63) is 108 Å². The minimum Gasteiger partial charge on any atom is -0.326 e. The van der Waals surface area contributed by atoms with E-state index in [4.69, 9.17) is 0 Å². The quantitative estimate of drug-likeness (QED) is 0.358. The Morgan fingerprint density at radius 3 is 2.29 bits per heavy atom. The van der Waals surface area contributed by atoms with Gasteiger partial charge in [-0.3, -0.25) is 9.59 Å². The van der Waals surface area contributed by atoms with Crippen molar-refractivity contribution in [2.75, 3.05) is 10.2 Å². The average Bonchev–Trinajstić information content (AvgIpc) is 3.01. The molecule has 4 aromatic rings. The van der Waals surface area contributed by atoms with Crippen LogP contribution in [0.1, 0.15) is 28.4 Å². The highest BCUT2D eigenvalue weighted by molar-refractivity contribution is 7.99. The average molecular weight is 465 g/mol. The largest absolute Gasteiger partial charge is 0.326 e. The molecule has 34 heavy (non-hydrogen) atoms. The number of nitrogens with zero attached hydrogens (tertiary/aromatic N) is 1. The molecule has 0 aliphatic carbocycles. The summed E-state index contributed by atoms with van der Waals surface area (Å²) in [5, 5.41) is 2.88. The van der Waals surface area contributed by atoms with Crippen molar-refractivity contribution in [3.63, 3.8) is 0 Å². The van der Waals surface area contributed by atoms with Gasteiger partial charge in [-0.15, -0.1) is 0 Å². The summed E-state index contributed by atoms with van der Waals surface area (Å²) < 4.78 is 0. The number of fused-ring (bicyclic) bond motifs is 2. The first-order valence-electron chi connectivity index (χ1n) is 11.2. The van der Waals surface area contributed by atoms with Gasteiger partial charge in [-0.05, 0) is 65.6 Å². The van der Waals surface area contributed by atoms with Crippen LogP contribution in [0.3, 0.4) is 0 Å². The van der Waals surface area contributed by atoms with E-state index in [1.54, 1.807) is 11.8 Å². The highest BCUT2D eigenvalue weighted by Gasteiger charge is 2.25. The van der Waals surface area contributed by atoms with E-state index >= 15 is 0 Å². The lowest BCUT2D eigenvalue weighted by Gasteiger charge is -2.23. The summed E-state index contributed by atoms with van der Waals surface area (Å²) in [5.41, 5.74) is 6.51. The van der Waals surface area contributed by atoms with Gasteiger partial charge in [-0.2, -0.15) is 0 Å². The molecule has 5 heteroatoms. The molecule has 0 fully saturated rings. The highest BCUT2D eigenvalue weighted by Crippen LogP contribution is 2.41. The second kappa shape index (κ2) is 9.20. The van der Waals surface area contributed by atoms with Gasteiger partial charge in [0, 0.05) is 28.0 Å². The molecule has 0 saturated carbocycles. The molecule has 0 saturated heterocycles. The first-order valence-corrected chi connectivity index (χ1v) is 12.0. The number of amides is 2. The number of para-hydroxylation sites is 1. The van der Waals surface area contributed by atoms with Crippen LogP contribution in [0, 0.1) is 6.92 Å². The molecule has 0 unspecified atom stereocenters. The maximum absolute atomic E-state index is 13.7. The number of rotatable bonds is 3. The van der Waals surface area contributed by atoms with Crippen LogP contribution in [0.25, 0.3) is 11.1 Å². The van der Waals surface area contributed by atoms with Gasteiger partial charge < -0.3 is 10.2 Å². The molecule has 0 atom stereocenters. The fourth-order valence-corrected chi connectivity index (χ4v) is 5.35. The monoisotopic (exact) mass is 464 g/mol. The number of hydrogen-bond donors (Lipinski definition) is 1. The summed E-state index contributed by atoms with van der Waals surface area (Å²) in [6.45, 7) is 4.02. The zero-order valence-corrected chi connectivity index (χ0v) is 19.9. The molecule has 1 heterocycles. The molecule has 1 aliphatic rings. The summed E-state index contributed by atoms with van der Waals surface area (Å²) in [5.74, 6) is -0.126. The van der Waals surface area contributed by atoms with Crippen molar-refractivity contribution in [3.8, 4) is 11.1 Å². The Morgan fingerprint density at radius 2 is 1.53 bits per heavy atom. The SMILES string of the molecule is CC(=O)Nc1cccc(-c2ccc(C(=O)N3Cc4ccccc4Sc4ccccc43)cc2)c1C. The van der Waals surface area contributed by atoms with E-state index in [0.29, 0.717) is 12.1 Å². The predicted octanol–water partition coefficient (Wildman–Crippen LogP) is 6.93. The van der Waals surface area contributed by atoms with E-state index in [1.807, 2.05) is 84.6 Å². The first kappa shape index (κ1) is 22.0. The minimum atomic E-state index is -0.0985. The van der Waals surface area contributed by atoms with Gasteiger partial charge in [-0.1, -0.05) is 66.4 Å². The van der Waals surface area contributed by atoms with Crippen LogP contribution in [0.4, 0.5) is 11.4 Å². The number of hydrogen-bond acceptors (Lipinski definition) is 3. The molecule has 1 N–H and O–H groups in total. The van der Waals surface area contributed by atoms with E-state index < -0.39 is 0 Å². The van der Waals surface area contributed by atoms with Crippen molar-refractivity contribution in [2.24, 2.45) is 0 Å². The number of anilines is 2. The van der Waals surface area contributed by atoms with Crippen LogP contribution >= 0.6 is 11.8 Å². The Balaban J connectivity index is 1.48. The third-order valence-corrected chi connectivity index (χ3v) is 7.19. The number of nitrogens with one attached hydrogen (secondary N) is 1. The van der Waals surface area contributed by atoms with Crippen molar-refractivity contribution < 1.29 is 9.59 Å². The Bertz CT molecular complexity index is 1400. The van der Waals surface area contributed by atoms with Crippen molar-refractivity contribution in [1.82, 2.24) is 0 Å². The lowest BCUT2D eigenvalue weighted by molar-refractivity contribution is -0.114. The number of carbonyl (C=O) groups is 2. The lowest BCUT2D eigenvalue weighted by Crippen LogP contribution is -2.30. The van der Waals surface area contributed by atoms with Crippen LogP contribution in [-0.4, -0.2) is 11.8 Å². The third-order valence-electron chi connectivity index (χ3n) is 6.01. The van der Waals surface area contributed by atoms with Crippen LogP contribution in [0.5, 0.6) is 0 Å². The molecule has 1 aliphatic heterocycles. The Kier molecular flexibility index (Phi) is 5.95. The molecular formula is C29H24N2O2S. The van der Waals surface area contributed by atoms with Gasteiger partial charge in [-0.25, -0.2) is 0 Å². The van der Waals surface area contributed by atoms with Crippen LogP contribution in [-0.2, 0) is 11.3 Å². The summed E-state index contributed by atoms with van der Waals surface area (Å²) in [4.78, 5) is 29.3. The smallest absolute Gasteiger partial charge is 0.258 e. The van der Waals surface area contributed by atoms with Crippen LogP contribution < -0.4 is 10.2 Å². The van der Waals surface area contributed by atoms with E-state index in [0.717, 1.165) is 38.5 Å². The van der Waals surface area contributed by atoms with Gasteiger partial charge in [0.05, 0.1) is 12.2 Å². The molecule has 0 spiro atoms. The third kappa shape index (κ3) is 4.22. The van der Waals surface area contributed by atoms with Gasteiger partial charge in [0.15, 0.2) is 0 Å². The fraction of sp³-hybridized carbons (Fsp3) is 0.103. The molecule has 0 bridgehead atoms. The molecule has 0 radical (unpaired) electrons. The minimum absolute atomic E-state index is 0.0278. The maximum Gasteiger partial charge on any atom is 0.258 e. The van der Waals surface area contributed by atoms with Crippen molar-refractivity contribution >= 4 is 35.0 Å². The maximum atomic E-state index is 13.7. The predicted molar refractivity (Wildman–Crippen MR) is 138 cm³/mol. The lowest BCUT2D eigenvalue weighted by atomic mass is 9.98. The zero-order chi connectivity index (χ0) is 23.7. The standard InChI is InChI=1S/C29H24N2O2S/c1-19-24(9-7-10-25(19)30-20(2)32)21-14-16-22(17-15-21)29(33)31-18-23-8-3-5-12-27(23)34-28-13-6-4-11-26(28)31/h3-17H,18H2,1-2H3,(H,30,32). The summed E-state index contributed by atoms with van der Waals surface area (Å²) in [6, 6.07) is 29.9.